The summed E-state index contributed by atoms with van der Waals surface area (Å²) in [4.78, 5) is 24.7. The van der Waals surface area contributed by atoms with Crippen LogP contribution in [0.1, 0.15) is 29.5 Å². The predicted molar refractivity (Wildman–Crippen MR) is 78.5 cm³/mol. The summed E-state index contributed by atoms with van der Waals surface area (Å²) in [7, 11) is 3.36. The van der Waals surface area contributed by atoms with E-state index in [1.54, 1.807) is 14.1 Å². The van der Waals surface area contributed by atoms with Gasteiger partial charge in [0.2, 0.25) is 11.8 Å². The number of hydrogen-bond acceptors (Lipinski definition) is 2. The molecule has 0 unspecified atom stereocenters. The lowest BCUT2D eigenvalue weighted by atomic mass is 9.90. The zero-order valence-electron chi connectivity index (χ0n) is 12.2. The molecule has 4 nitrogen and oxygen atoms in total. The second-order valence-corrected chi connectivity index (χ2v) is 5.55. The highest BCUT2D eigenvalue weighted by Gasteiger charge is 2.12. The molecule has 0 saturated carbocycles. The van der Waals surface area contributed by atoms with Crippen LogP contribution < -0.4 is 5.32 Å². The first-order valence-electron chi connectivity index (χ1n) is 7.14. The highest BCUT2D eigenvalue weighted by molar-refractivity contribution is 5.85. The first kappa shape index (κ1) is 14.6. The number of rotatable bonds is 4. The largest absolute Gasteiger partial charge is 0.347 e. The number of nitrogens with zero attached hydrogens (tertiary/aromatic N) is 1. The topological polar surface area (TPSA) is 49.4 Å². The van der Waals surface area contributed by atoms with Crippen molar-refractivity contribution in [2.24, 2.45) is 0 Å². The highest BCUT2D eigenvalue weighted by atomic mass is 16.2. The minimum absolute atomic E-state index is 0.0662. The van der Waals surface area contributed by atoms with Gasteiger partial charge in [0.1, 0.15) is 0 Å². The third kappa shape index (κ3) is 3.83. The molecule has 0 fully saturated rings. The smallest absolute Gasteiger partial charge is 0.241 e. The summed E-state index contributed by atoms with van der Waals surface area (Å²) in [5, 5.41) is 2.66. The number of hydrogen-bond donors (Lipinski definition) is 1. The van der Waals surface area contributed by atoms with Crippen LogP contribution in [0.2, 0.25) is 0 Å². The van der Waals surface area contributed by atoms with Gasteiger partial charge in [-0.05, 0) is 42.4 Å². The van der Waals surface area contributed by atoms with Gasteiger partial charge < -0.3 is 10.2 Å². The summed E-state index contributed by atoms with van der Waals surface area (Å²) in [5.41, 5.74) is 3.83. The zero-order valence-corrected chi connectivity index (χ0v) is 12.2. The average Bonchev–Trinajstić information content (AvgIpc) is 2.44. The van der Waals surface area contributed by atoms with Gasteiger partial charge >= 0.3 is 0 Å². The predicted octanol–water partition coefficient (Wildman–Crippen LogP) is 1.31. The molecule has 2 amide bonds. The summed E-state index contributed by atoms with van der Waals surface area (Å²) >= 11 is 0. The van der Waals surface area contributed by atoms with Crippen LogP contribution in [0.3, 0.4) is 0 Å². The van der Waals surface area contributed by atoms with Crippen LogP contribution in [-0.4, -0.2) is 37.4 Å². The highest BCUT2D eigenvalue weighted by Crippen LogP contribution is 2.22. The fourth-order valence-corrected chi connectivity index (χ4v) is 2.48. The molecule has 0 radical (unpaired) electrons. The Morgan fingerprint density at radius 2 is 1.85 bits per heavy atom. The maximum Gasteiger partial charge on any atom is 0.241 e. The van der Waals surface area contributed by atoms with E-state index in [4.69, 9.17) is 0 Å². The van der Waals surface area contributed by atoms with Crippen LogP contribution in [-0.2, 0) is 28.9 Å². The molecule has 1 N–H and O–H groups in total. The van der Waals surface area contributed by atoms with Crippen LogP contribution in [0.15, 0.2) is 18.2 Å². The summed E-state index contributed by atoms with van der Waals surface area (Å²) in [6.45, 7) is 0.0662. The van der Waals surface area contributed by atoms with Crippen LogP contribution in [0.25, 0.3) is 0 Å². The van der Waals surface area contributed by atoms with Crippen molar-refractivity contribution >= 4 is 11.8 Å². The number of carbonyl (C=O) groups excluding carboxylic acids is 2. The van der Waals surface area contributed by atoms with Crippen molar-refractivity contribution in [3.63, 3.8) is 0 Å². The van der Waals surface area contributed by atoms with E-state index >= 15 is 0 Å². The molecule has 0 heterocycles. The molecule has 1 aliphatic rings. The third-order valence-corrected chi connectivity index (χ3v) is 3.71. The second kappa shape index (κ2) is 6.55. The van der Waals surface area contributed by atoms with Gasteiger partial charge in [0.25, 0.3) is 0 Å². The van der Waals surface area contributed by atoms with Crippen molar-refractivity contribution in [2.45, 2.75) is 32.1 Å². The molecule has 0 atom stereocenters. The molecule has 0 spiro atoms. The van der Waals surface area contributed by atoms with E-state index in [9.17, 15) is 9.59 Å². The Morgan fingerprint density at radius 1 is 1.15 bits per heavy atom. The number of fused-ring (bicyclic) bond motifs is 1. The zero-order chi connectivity index (χ0) is 14.5. The van der Waals surface area contributed by atoms with Gasteiger partial charge in [0.15, 0.2) is 0 Å². The van der Waals surface area contributed by atoms with Crippen molar-refractivity contribution in [2.75, 3.05) is 20.6 Å². The average molecular weight is 274 g/mol. The first-order chi connectivity index (χ1) is 9.56. The molecule has 1 aliphatic carbocycles. The molecular formula is C16H22N2O2. The number of likely N-dealkylation sites (N-methyl/N-ethyl adjacent to an activating group) is 1. The van der Waals surface area contributed by atoms with Crippen LogP contribution in [0.5, 0.6) is 0 Å². The first-order valence-corrected chi connectivity index (χ1v) is 7.14. The Kier molecular flexibility index (Phi) is 4.77. The SMILES string of the molecule is CN(C)C(=O)CNC(=O)Cc1ccc2c(c1)CCCC2. The maximum atomic E-state index is 11.8. The lowest BCUT2D eigenvalue weighted by molar-refractivity contribution is -0.130. The fraction of sp³-hybridized carbons (Fsp3) is 0.500. The van der Waals surface area contributed by atoms with Gasteiger partial charge in [-0.25, -0.2) is 0 Å². The number of amides is 2. The minimum Gasteiger partial charge on any atom is -0.347 e. The van der Waals surface area contributed by atoms with E-state index < -0.39 is 0 Å². The molecular weight excluding hydrogens is 252 g/mol. The summed E-state index contributed by atoms with van der Waals surface area (Å²) in [5.74, 6) is -0.195. The van der Waals surface area contributed by atoms with E-state index in [2.05, 4.69) is 17.4 Å². The quantitative estimate of drug-likeness (QED) is 0.900. The van der Waals surface area contributed by atoms with Gasteiger partial charge in [-0.3, -0.25) is 9.59 Å². The van der Waals surface area contributed by atoms with Gasteiger partial charge in [-0.15, -0.1) is 0 Å². The van der Waals surface area contributed by atoms with Crippen molar-refractivity contribution in [3.05, 3.63) is 34.9 Å². The molecule has 0 saturated heterocycles. The molecule has 2 rings (SSSR count). The van der Waals surface area contributed by atoms with Crippen LogP contribution in [0, 0.1) is 0 Å². The van der Waals surface area contributed by atoms with E-state index in [1.807, 2.05) is 6.07 Å². The molecule has 0 bridgehead atoms. The number of nitrogens with one attached hydrogen (secondary N) is 1. The normalized spacial score (nSPS) is 13.5. The van der Waals surface area contributed by atoms with E-state index in [0.29, 0.717) is 6.42 Å². The molecule has 4 heteroatoms. The molecule has 1 aromatic carbocycles. The maximum absolute atomic E-state index is 11.8. The standard InChI is InChI=1S/C16H22N2O2/c1-18(2)16(20)11-17-15(19)10-12-7-8-13-5-3-4-6-14(13)9-12/h7-9H,3-6,10-11H2,1-2H3,(H,17,19). The van der Waals surface area contributed by atoms with Crippen LogP contribution in [0.4, 0.5) is 0 Å². The monoisotopic (exact) mass is 274 g/mol. The summed E-state index contributed by atoms with van der Waals surface area (Å²) < 4.78 is 0. The molecule has 108 valence electrons. The molecule has 0 aromatic heterocycles. The Balaban J connectivity index is 1.89. The van der Waals surface area contributed by atoms with Gasteiger partial charge in [0.05, 0.1) is 13.0 Å². The number of benzene rings is 1. The minimum atomic E-state index is -0.101. The fourth-order valence-electron chi connectivity index (χ4n) is 2.48. The van der Waals surface area contributed by atoms with Crippen LogP contribution >= 0.6 is 0 Å². The van der Waals surface area contributed by atoms with E-state index in [1.165, 1.54) is 28.9 Å². The Hall–Kier alpha value is -1.84. The van der Waals surface area contributed by atoms with Crippen molar-refractivity contribution in [1.29, 1.82) is 0 Å². The Labute approximate surface area is 120 Å². The third-order valence-electron chi connectivity index (χ3n) is 3.71. The van der Waals surface area contributed by atoms with Gasteiger partial charge in [-0.2, -0.15) is 0 Å². The lowest BCUT2D eigenvalue weighted by Crippen LogP contribution is -2.36. The summed E-state index contributed by atoms with van der Waals surface area (Å²) in [6, 6.07) is 6.31. The molecule has 1 aromatic rings. The van der Waals surface area contributed by atoms with Crippen molar-refractivity contribution in [3.8, 4) is 0 Å². The van der Waals surface area contributed by atoms with Crippen molar-refractivity contribution < 1.29 is 9.59 Å². The molecule has 0 aliphatic heterocycles. The number of aryl methyl sites for hydroxylation is 2. The van der Waals surface area contributed by atoms with Gasteiger partial charge in [0, 0.05) is 14.1 Å². The summed E-state index contributed by atoms with van der Waals surface area (Å²) in [6.07, 6.45) is 5.11. The Bertz CT molecular complexity index is 509. The number of carbonyl (C=O) groups is 2. The lowest BCUT2D eigenvalue weighted by Gasteiger charge is -2.16. The van der Waals surface area contributed by atoms with E-state index in [-0.39, 0.29) is 18.4 Å². The molecule has 20 heavy (non-hydrogen) atoms. The second-order valence-electron chi connectivity index (χ2n) is 5.55. The van der Waals surface area contributed by atoms with Crippen molar-refractivity contribution in [1.82, 2.24) is 10.2 Å². The van der Waals surface area contributed by atoms with Gasteiger partial charge in [-0.1, -0.05) is 18.2 Å². The Morgan fingerprint density at radius 3 is 2.55 bits per heavy atom. The van der Waals surface area contributed by atoms with E-state index in [0.717, 1.165) is 18.4 Å².